The number of benzene rings is 2. The molecule has 0 atom stereocenters. The van der Waals surface area contributed by atoms with Crippen molar-refractivity contribution in [2.75, 3.05) is 11.5 Å². The highest BCUT2D eigenvalue weighted by atomic mass is 32.2. The number of hydrogen-bond acceptors (Lipinski definition) is 6. The van der Waals surface area contributed by atoms with Crippen LogP contribution in [0.1, 0.15) is 12.8 Å². The molecule has 5 aromatic rings. The number of nitrogens with one attached hydrogen (secondary N) is 1. The van der Waals surface area contributed by atoms with E-state index in [0.29, 0.717) is 22.9 Å². The number of aromatic amines is 1. The zero-order valence-electron chi connectivity index (χ0n) is 18.1. The van der Waals surface area contributed by atoms with Gasteiger partial charge in [0.2, 0.25) is 5.71 Å². The molecular formula is C25H21FN4O3S. The summed E-state index contributed by atoms with van der Waals surface area (Å²) in [5, 5.41) is 7.93. The van der Waals surface area contributed by atoms with E-state index >= 15 is 0 Å². The monoisotopic (exact) mass is 476 g/mol. The number of H-pyrrole nitrogens is 1. The molecule has 1 fully saturated rings. The van der Waals surface area contributed by atoms with Crippen molar-refractivity contribution in [2.24, 2.45) is 0 Å². The highest BCUT2D eigenvalue weighted by Gasteiger charge is 2.18. The molecule has 0 bridgehead atoms. The number of rotatable bonds is 3. The maximum atomic E-state index is 13.3. The number of nitrogens with zero attached hydrogens (tertiary/aromatic N) is 3. The summed E-state index contributed by atoms with van der Waals surface area (Å²) in [4.78, 5) is 8.71. The molecule has 34 heavy (non-hydrogen) atoms. The molecule has 1 aliphatic rings. The molecule has 0 radical (unpaired) electrons. The normalized spacial score (nSPS) is 14.6. The van der Waals surface area contributed by atoms with Gasteiger partial charge in [0, 0.05) is 16.7 Å². The second-order valence-corrected chi connectivity index (χ2v) is 10.2. The van der Waals surface area contributed by atoms with Gasteiger partial charge in [-0.15, -0.1) is 0 Å². The minimum atomic E-state index is -2.55. The molecular weight excluding hydrogens is 455 g/mol. The Labute approximate surface area is 195 Å². The van der Waals surface area contributed by atoms with Crippen LogP contribution in [0.3, 0.4) is 0 Å². The number of aromatic nitrogens is 4. The highest BCUT2D eigenvalue weighted by Crippen LogP contribution is 2.35. The van der Waals surface area contributed by atoms with Crippen LogP contribution < -0.4 is 0 Å². The molecule has 172 valence electrons. The summed E-state index contributed by atoms with van der Waals surface area (Å²) in [6.07, 6.45) is 4.93. The quantitative estimate of drug-likeness (QED) is 0.380. The lowest BCUT2D eigenvalue weighted by atomic mass is 10.0. The highest BCUT2D eigenvalue weighted by molar-refractivity contribution is 7.91. The Balaban J connectivity index is 0.000000297. The van der Waals surface area contributed by atoms with E-state index in [1.54, 1.807) is 18.3 Å². The van der Waals surface area contributed by atoms with Crippen LogP contribution in [-0.4, -0.2) is 40.1 Å². The Bertz CT molecular complexity index is 1520. The van der Waals surface area contributed by atoms with Crippen molar-refractivity contribution in [2.45, 2.75) is 12.8 Å². The molecule has 1 N–H and O–H groups in total. The van der Waals surface area contributed by atoms with Gasteiger partial charge in [0.25, 0.3) is 0 Å². The van der Waals surface area contributed by atoms with Crippen molar-refractivity contribution in [3.8, 4) is 33.8 Å². The Morgan fingerprint density at radius 2 is 1.65 bits per heavy atom. The minimum Gasteiger partial charge on any atom is -0.438 e. The molecule has 9 heteroatoms. The predicted octanol–water partition coefficient (Wildman–Crippen LogP) is 5.28. The second kappa shape index (κ2) is 9.18. The van der Waals surface area contributed by atoms with E-state index in [1.807, 2.05) is 36.4 Å². The molecule has 6 rings (SSSR count). The summed E-state index contributed by atoms with van der Waals surface area (Å²) in [5.74, 6) is 1.28. The zero-order chi connectivity index (χ0) is 23.5. The van der Waals surface area contributed by atoms with Crippen molar-refractivity contribution in [3.05, 3.63) is 79.0 Å². The van der Waals surface area contributed by atoms with Crippen LogP contribution in [0.25, 0.3) is 44.9 Å². The summed E-state index contributed by atoms with van der Waals surface area (Å²) in [5.41, 5.74) is 4.56. The van der Waals surface area contributed by atoms with E-state index in [9.17, 15) is 12.8 Å². The maximum Gasteiger partial charge on any atom is 0.230 e. The Morgan fingerprint density at radius 3 is 2.32 bits per heavy atom. The Hall–Kier alpha value is -3.85. The first-order valence-corrected chi connectivity index (χ1v) is 12.6. The molecule has 3 aromatic heterocycles. The summed E-state index contributed by atoms with van der Waals surface area (Å²) in [6.45, 7) is 0. The fourth-order valence-corrected chi connectivity index (χ4v) is 5.36. The third-order valence-corrected chi connectivity index (χ3v) is 7.40. The zero-order valence-corrected chi connectivity index (χ0v) is 18.9. The lowest BCUT2D eigenvalue weighted by Gasteiger charge is -2.03. The van der Waals surface area contributed by atoms with E-state index in [-0.39, 0.29) is 5.82 Å². The van der Waals surface area contributed by atoms with Crippen LogP contribution in [0, 0.1) is 5.82 Å². The molecule has 4 heterocycles. The van der Waals surface area contributed by atoms with Crippen LogP contribution in [0.2, 0.25) is 0 Å². The maximum absolute atomic E-state index is 13.3. The Morgan fingerprint density at radius 1 is 0.912 bits per heavy atom. The molecule has 7 nitrogen and oxygen atoms in total. The second-order valence-electron chi connectivity index (χ2n) is 7.94. The standard InChI is InChI=1S/C21H13FN4O.C4H8O2S/c22-15-8-6-14(7-9-15)19-17(11-25-26-19)20-16-10-18(13-4-2-1-3-5-13)27-21(16)24-12-23-20;5-7(6)3-1-2-4-7/h1-12H,(H,25,26);1-4H2. The number of halogens is 1. The predicted molar refractivity (Wildman–Crippen MR) is 128 cm³/mol. The van der Waals surface area contributed by atoms with Crippen molar-refractivity contribution in [3.63, 3.8) is 0 Å². The van der Waals surface area contributed by atoms with Crippen molar-refractivity contribution >= 4 is 20.9 Å². The molecule has 1 saturated heterocycles. The molecule has 0 unspecified atom stereocenters. The topological polar surface area (TPSA) is 102 Å². The molecule has 0 saturated carbocycles. The molecule has 0 spiro atoms. The van der Waals surface area contributed by atoms with Crippen LogP contribution in [-0.2, 0) is 9.84 Å². The average Bonchev–Trinajstić information content (AvgIpc) is 3.59. The first-order valence-electron chi connectivity index (χ1n) is 10.8. The van der Waals surface area contributed by atoms with Gasteiger partial charge < -0.3 is 4.42 Å². The van der Waals surface area contributed by atoms with E-state index in [4.69, 9.17) is 4.42 Å². The molecule has 1 aliphatic heterocycles. The number of hydrogen-bond donors (Lipinski definition) is 1. The first-order chi connectivity index (χ1) is 16.5. The van der Waals surface area contributed by atoms with E-state index < -0.39 is 9.84 Å². The Kier molecular flexibility index (Phi) is 5.93. The lowest BCUT2D eigenvalue weighted by Crippen LogP contribution is -1.98. The summed E-state index contributed by atoms with van der Waals surface area (Å²) >= 11 is 0. The van der Waals surface area contributed by atoms with Gasteiger partial charge in [-0.05, 0) is 43.2 Å². The van der Waals surface area contributed by atoms with Gasteiger partial charge >= 0.3 is 0 Å². The van der Waals surface area contributed by atoms with E-state index in [0.717, 1.165) is 46.4 Å². The summed E-state index contributed by atoms with van der Waals surface area (Å²) in [6, 6.07) is 18.0. The van der Waals surface area contributed by atoms with Gasteiger partial charge in [-0.3, -0.25) is 5.10 Å². The largest absolute Gasteiger partial charge is 0.438 e. The molecule has 0 aliphatic carbocycles. The SMILES string of the molecule is Fc1ccc(-c2[nH]ncc2-c2ncnc3oc(-c4ccccc4)cc23)cc1.O=S1(=O)CCCC1. The summed E-state index contributed by atoms with van der Waals surface area (Å²) in [7, 11) is -2.55. The smallest absolute Gasteiger partial charge is 0.230 e. The fourth-order valence-electron chi connectivity index (χ4n) is 3.86. The van der Waals surface area contributed by atoms with Crippen molar-refractivity contribution < 1.29 is 17.2 Å². The molecule has 0 amide bonds. The third kappa shape index (κ3) is 4.60. The van der Waals surface area contributed by atoms with Gasteiger partial charge in [0.15, 0.2) is 0 Å². The van der Waals surface area contributed by atoms with Gasteiger partial charge in [-0.25, -0.2) is 22.8 Å². The first kappa shape index (κ1) is 22.0. The van der Waals surface area contributed by atoms with Crippen LogP contribution >= 0.6 is 0 Å². The van der Waals surface area contributed by atoms with Crippen LogP contribution in [0.5, 0.6) is 0 Å². The van der Waals surface area contributed by atoms with Crippen LogP contribution in [0.15, 0.2) is 77.6 Å². The molecule has 2 aromatic carbocycles. The van der Waals surface area contributed by atoms with Gasteiger partial charge in [0.1, 0.15) is 27.7 Å². The lowest BCUT2D eigenvalue weighted by molar-refractivity contribution is 0.602. The average molecular weight is 477 g/mol. The van der Waals surface area contributed by atoms with E-state index in [1.165, 1.54) is 18.5 Å². The van der Waals surface area contributed by atoms with Crippen molar-refractivity contribution in [1.82, 2.24) is 20.2 Å². The van der Waals surface area contributed by atoms with Crippen LogP contribution in [0.4, 0.5) is 4.39 Å². The summed E-state index contributed by atoms with van der Waals surface area (Å²) < 4.78 is 40.0. The number of furan rings is 1. The third-order valence-electron chi connectivity index (χ3n) is 5.58. The van der Waals surface area contributed by atoms with Gasteiger partial charge in [-0.2, -0.15) is 5.10 Å². The van der Waals surface area contributed by atoms with Gasteiger partial charge in [-0.1, -0.05) is 30.3 Å². The van der Waals surface area contributed by atoms with Crippen molar-refractivity contribution in [1.29, 1.82) is 0 Å². The van der Waals surface area contributed by atoms with Gasteiger partial charge in [0.05, 0.1) is 34.5 Å². The number of sulfone groups is 1. The van der Waals surface area contributed by atoms with E-state index in [2.05, 4.69) is 20.2 Å². The fraction of sp³-hybridized carbons (Fsp3) is 0.160. The minimum absolute atomic E-state index is 0.286. The number of fused-ring (bicyclic) bond motifs is 1.